The molecular formula is C19H26N2O2S. The van der Waals surface area contributed by atoms with Crippen molar-refractivity contribution in [3.05, 3.63) is 21.4 Å². The van der Waals surface area contributed by atoms with Crippen LogP contribution in [0.5, 0.6) is 0 Å². The Kier molecular flexibility index (Phi) is 4.15. The van der Waals surface area contributed by atoms with Crippen molar-refractivity contribution in [3.63, 3.8) is 0 Å². The van der Waals surface area contributed by atoms with E-state index in [0.717, 1.165) is 57.3 Å². The minimum atomic E-state index is -0.291. The fourth-order valence-electron chi connectivity index (χ4n) is 4.64. The maximum absolute atomic E-state index is 13.0. The fourth-order valence-corrected chi connectivity index (χ4v) is 5.76. The molecule has 2 fully saturated rings. The third-order valence-corrected chi connectivity index (χ3v) is 7.12. The van der Waals surface area contributed by atoms with E-state index in [2.05, 4.69) is 12.3 Å². The molecule has 1 aliphatic carbocycles. The van der Waals surface area contributed by atoms with Crippen molar-refractivity contribution in [2.75, 3.05) is 26.2 Å². The van der Waals surface area contributed by atoms with Gasteiger partial charge in [-0.2, -0.15) is 0 Å². The number of hydrogen-bond acceptors (Lipinski definition) is 3. The summed E-state index contributed by atoms with van der Waals surface area (Å²) in [6.45, 7) is 5.18. The smallest absolute Gasteiger partial charge is 0.255 e. The van der Waals surface area contributed by atoms with Gasteiger partial charge in [0.25, 0.3) is 5.91 Å². The number of aryl methyl sites for hydroxylation is 1. The second-order valence-corrected chi connectivity index (χ2v) is 8.52. The first-order valence-electron chi connectivity index (χ1n) is 9.32. The minimum Gasteiger partial charge on any atom is -0.342 e. The minimum absolute atomic E-state index is 0.160. The van der Waals surface area contributed by atoms with Gasteiger partial charge in [0.05, 0.1) is 11.0 Å². The predicted molar refractivity (Wildman–Crippen MR) is 95.4 cm³/mol. The number of hydrogen-bond donors (Lipinski definition) is 0. The highest BCUT2D eigenvalue weighted by Gasteiger charge is 2.51. The second-order valence-electron chi connectivity index (χ2n) is 7.56. The summed E-state index contributed by atoms with van der Waals surface area (Å²) in [5, 5.41) is 2.06. The van der Waals surface area contributed by atoms with Crippen LogP contribution in [0.2, 0.25) is 0 Å². The highest BCUT2D eigenvalue weighted by Crippen LogP contribution is 2.41. The Morgan fingerprint density at radius 1 is 1.25 bits per heavy atom. The fraction of sp³-hybridized carbons (Fsp3) is 0.684. The van der Waals surface area contributed by atoms with Crippen molar-refractivity contribution in [1.29, 1.82) is 0 Å². The first-order chi connectivity index (χ1) is 11.6. The van der Waals surface area contributed by atoms with Crippen LogP contribution in [-0.4, -0.2) is 47.8 Å². The molecule has 3 heterocycles. The summed E-state index contributed by atoms with van der Waals surface area (Å²) < 4.78 is 0. The normalized spacial score (nSPS) is 26.5. The maximum Gasteiger partial charge on any atom is 0.255 e. The molecule has 4 nitrogen and oxygen atoms in total. The summed E-state index contributed by atoms with van der Waals surface area (Å²) >= 11 is 1.75. The molecule has 5 heteroatoms. The molecule has 2 saturated heterocycles. The van der Waals surface area contributed by atoms with Crippen molar-refractivity contribution >= 4 is 23.2 Å². The molecule has 1 unspecified atom stereocenters. The first kappa shape index (κ1) is 16.1. The average Bonchev–Trinajstić information content (AvgIpc) is 3.29. The van der Waals surface area contributed by atoms with Crippen molar-refractivity contribution < 1.29 is 9.59 Å². The molecular weight excluding hydrogens is 320 g/mol. The lowest BCUT2D eigenvalue weighted by molar-refractivity contribution is -0.135. The number of amides is 2. The molecule has 1 aromatic heterocycles. The Balaban J connectivity index is 1.50. The quantitative estimate of drug-likeness (QED) is 0.844. The van der Waals surface area contributed by atoms with Crippen LogP contribution in [0.1, 0.15) is 59.8 Å². The highest BCUT2D eigenvalue weighted by molar-refractivity contribution is 7.10. The molecule has 2 amide bonds. The molecule has 1 atom stereocenters. The van der Waals surface area contributed by atoms with E-state index < -0.39 is 0 Å². The van der Waals surface area contributed by atoms with Gasteiger partial charge in [0.15, 0.2) is 0 Å². The SMILES string of the molecule is CCCN1CCC2(CCN(C(=O)c3csc4c3CCCC4)C2)C1=O. The summed E-state index contributed by atoms with van der Waals surface area (Å²) in [5.74, 6) is 0.444. The number of likely N-dealkylation sites (tertiary alicyclic amines) is 2. The van der Waals surface area contributed by atoms with E-state index in [0.29, 0.717) is 6.54 Å². The molecule has 2 aliphatic heterocycles. The lowest BCUT2D eigenvalue weighted by atomic mass is 9.85. The summed E-state index contributed by atoms with van der Waals surface area (Å²) in [5.41, 5.74) is 1.92. The number of nitrogens with zero attached hydrogens (tertiary/aromatic N) is 2. The second kappa shape index (κ2) is 6.17. The van der Waals surface area contributed by atoms with Crippen molar-refractivity contribution in [3.8, 4) is 0 Å². The van der Waals surface area contributed by atoms with Crippen LogP contribution in [0, 0.1) is 5.41 Å². The Labute approximate surface area is 147 Å². The van der Waals surface area contributed by atoms with Gasteiger partial charge in [-0.1, -0.05) is 6.92 Å². The monoisotopic (exact) mass is 346 g/mol. The van der Waals surface area contributed by atoms with Gasteiger partial charge in [0.2, 0.25) is 5.91 Å². The third kappa shape index (κ3) is 2.48. The molecule has 0 bridgehead atoms. The van der Waals surface area contributed by atoms with E-state index in [1.165, 1.54) is 23.3 Å². The average molecular weight is 346 g/mol. The van der Waals surface area contributed by atoms with E-state index >= 15 is 0 Å². The van der Waals surface area contributed by atoms with Gasteiger partial charge >= 0.3 is 0 Å². The summed E-state index contributed by atoms with van der Waals surface area (Å²) in [6, 6.07) is 0. The number of carbonyl (C=O) groups excluding carboxylic acids is 2. The van der Waals surface area contributed by atoms with E-state index in [9.17, 15) is 9.59 Å². The van der Waals surface area contributed by atoms with Crippen molar-refractivity contribution in [2.45, 2.75) is 51.9 Å². The van der Waals surface area contributed by atoms with Crippen molar-refractivity contribution in [2.24, 2.45) is 5.41 Å². The van der Waals surface area contributed by atoms with E-state index in [1.54, 1.807) is 11.3 Å². The Morgan fingerprint density at radius 3 is 2.88 bits per heavy atom. The summed E-state index contributed by atoms with van der Waals surface area (Å²) in [6.07, 6.45) is 7.37. The van der Waals surface area contributed by atoms with Crippen LogP contribution >= 0.6 is 11.3 Å². The Morgan fingerprint density at radius 2 is 2.04 bits per heavy atom. The summed E-state index contributed by atoms with van der Waals surface area (Å²) in [7, 11) is 0. The molecule has 4 rings (SSSR count). The number of rotatable bonds is 3. The Bertz CT molecular complexity index is 668. The highest BCUT2D eigenvalue weighted by atomic mass is 32.1. The van der Waals surface area contributed by atoms with Crippen LogP contribution in [0.25, 0.3) is 0 Å². The van der Waals surface area contributed by atoms with Gasteiger partial charge in [0, 0.05) is 36.4 Å². The van der Waals surface area contributed by atoms with Gasteiger partial charge in [-0.25, -0.2) is 0 Å². The standard InChI is InChI=1S/C19H26N2O2S/c1-2-9-20-10-7-19(18(20)23)8-11-21(13-19)17(22)15-12-24-16-6-4-3-5-14(15)16/h12H,2-11,13H2,1H3. The van der Waals surface area contributed by atoms with Crippen molar-refractivity contribution in [1.82, 2.24) is 9.80 Å². The molecule has 3 aliphatic rings. The van der Waals surface area contributed by atoms with E-state index in [-0.39, 0.29) is 17.2 Å². The lowest BCUT2D eigenvalue weighted by Crippen LogP contribution is -2.38. The number of thiophene rings is 1. The number of carbonyl (C=O) groups is 2. The van der Waals surface area contributed by atoms with Crippen LogP contribution in [0.15, 0.2) is 5.38 Å². The zero-order chi connectivity index (χ0) is 16.7. The molecule has 0 saturated carbocycles. The molecule has 130 valence electrons. The van der Waals surface area contributed by atoms with Gasteiger partial charge in [-0.3, -0.25) is 9.59 Å². The molecule has 1 spiro atoms. The van der Waals surface area contributed by atoms with Crippen LogP contribution in [-0.2, 0) is 17.6 Å². The lowest BCUT2D eigenvalue weighted by Gasteiger charge is -2.24. The summed E-state index contributed by atoms with van der Waals surface area (Å²) in [4.78, 5) is 31.2. The topological polar surface area (TPSA) is 40.6 Å². The van der Waals surface area contributed by atoms with E-state index in [1.807, 2.05) is 9.80 Å². The third-order valence-electron chi connectivity index (χ3n) is 6.03. The van der Waals surface area contributed by atoms with Gasteiger partial charge < -0.3 is 9.80 Å². The molecule has 24 heavy (non-hydrogen) atoms. The zero-order valence-electron chi connectivity index (χ0n) is 14.5. The van der Waals surface area contributed by atoms with Gasteiger partial charge in [-0.15, -0.1) is 11.3 Å². The van der Waals surface area contributed by atoms with Gasteiger partial charge in [0.1, 0.15) is 0 Å². The maximum atomic E-state index is 13.0. The Hall–Kier alpha value is -1.36. The van der Waals surface area contributed by atoms with Crippen LogP contribution in [0.3, 0.4) is 0 Å². The zero-order valence-corrected chi connectivity index (χ0v) is 15.3. The number of fused-ring (bicyclic) bond motifs is 1. The van der Waals surface area contributed by atoms with Gasteiger partial charge in [-0.05, 0) is 50.5 Å². The molecule has 1 aromatic rings. The first-order valence-corrected chi connectivity index (χ1v) is 10.2. The van der Waals surface area contributed by atoms with Crippen LogP contribution < -0.4 is 0 Å². The molecule has 0 radical (unpaired) electrons. The molecule has 0 aromatic carbocycles. The predicted octanol–water partition coefficient (Wildman–Crippen LogP) is 3.10. The van der Waals surface area contributed by atoms with E-state index in [4.69, 9.17) is 0 Å². The largest absolute Gasteiger partial charge is 0.342 e. The molecule has 0 N–H and O–H groups in total. The van der Waals surface area contributed by atoms with Crippen LogP contribution in [0.4, 0.5) is 0 Å².